The highest BCUT2D eigenvalue weighted by Gasteiger charge is 2.04. The lowest BCUT2D eigenvalue weighted by atomic mass is 10.2. The molecule has 1 aromatic carbocycles. The zero-order valence-corrected chi connectivity index (χ0v) is 9.74. The first kappa shape index (κ1) is 13.9. The molecule has 0 aromatic heterocycles. The fourth-order valence-corrected chi connectivity index (χ4v) is 1.21. The quantitative estimate of drug-likeness (QED) is 0.802. The first-order chi connectivity index (χ1) is 8.11. The van der Waals surface area contributed by atoms with E-state index in [1.54, 1.807) is 12.1 Å². The Balaban J connectivity index is 2.35. The van der Waals surface area contributed by atoms with Gasteiger partial charge in [-0.15, -0.1) is 0 Å². The molecule has 0 bridgehead atoms. The van der Waals surface area contributed by atoms with Gasteiger partial charge in [0, 0.05) is 6.04 Å². The normalized spacial score (nSPS) is 12.8. The summed E-state index contributed by atoms with van der Waals surface area (Å²) in [6.45, 7) is 0.110. The second-order valence-corrected chi connectivity index (χ2v) is 3.71. The minimum absolute atomic E-state index is 0.0384. The van der Waals surface area contributed by atoms with Gasteiger partial charge in [-0.25, -0.2) is 0 Å². The molecule has 0 aliphatic rings. The molecule has 0 spiro atoms. The minimum atomic E-state index is -2.79. The van der Waals surface area contributed by atoms with Crippen LogP contribution in [0.3, 0.4) is 0 Å². The number of alkyl halides is 2. The van der Waals surface area contributed by atoms with Crippen LogP contribution in [0.15, 0.2) is 24.3 Å². The molecule has 1 rings (SSSR count). The molecule has 0 unspecified atom stereocenters. The standard InChI is InChI=1S/C12H17F2NO2/c1-2-10(15)8-16-7-9-3-5-11(6-4-9)17-12(13)14/h3-6,10,12H,2,7-8,15H2,1H3/t10-/m0/s1. The Bertz CT molecular complexity index is 317. The van der Waals surface area contributed by atoms with Crippen LogP contribution in [0.2, 0.25) is 0 Å². The highest BCUT2D eigenvalue weighted by Crippen LogP contribution is 2.15. The summed E-state index contributed by atoms with van der Waals surface area (Å²) in [5.74, 6) is 0.147. The van der Waals surface area contributed by atoms with Gasteiger partial charge in [-0.2, -0.15) is 8.78 Å². The summed E-state index contributed by atoms with van der Waals surface area (Å²) >= 11 is 0. The Hall–Kier alpha value is -1.20. The zero-order chi connectivity index (χ0) is 12.7. The van der Waals surface area contributed by atoms with Crippen LogP contribution in [0.25, 0.3) is 0 Å². The van der Waals surface area contributed by atoms with E-state index >= 15 is 0 Å². The average molecular weight is 245 g/mol. The van der Waals surface area contributed by atoms with Gasteiger partial charge in [0.2, 0.25) is 0 Å². The van der Waals surface area contributed by atoms with Crippen LogP contribution in [0.4, 0.5) is 8.78 Å². The van der Waals surface area contributed by atoms with Crippen molar-refractivity contribution in [2.45, 2.75) is 32.6 Å². The van der Waals surface area contributed by atoms with E-state index in [9.17, 15) is 8.78 Å². The molecule has 17 heavy (non-hydrogen) atoms. The predicted molar refractivity (Wildman–Crippen MR) is 61.0 cm³/mol. The van der Waals surface area contributed by atoms with Gasteiger partial charge in [0.15, 0.2) is 0 Å². The summed E-state index contributed by atoms with van der Waals surface area (Å²) in [7, 11) is 0. The van der Waals surface area contributed by atoms with Crippen molar-refractivity contribution in [3.63, 3.8) is 0 Å². The minimum Gasteiger partial charge on any atom is -0.435 e. The third kappa shape index (κ3) is 5.60. The van der Waals surface area contributed by atoms with Gasteiger partial charge in [-0.3, -0.25) is 0 Å². The van der Waals surface area contributed by atoms with Crippen LogP contribution < -0.4 is 10.5 Å². The van der Waals surface area contributed by atoms with Crippen LogP contribution >= 0.6 is 0 Å². The third-order valence-electron chi connectivity index (χ3n) is 2.27. The molecule has 0 aliphatic carbocycles. The Morgan fingerprint density at radius 1 is 1.24 bits per heavy atom. The average Bonchev–Trinajstić information content (AvgIpc) is 2.30. The third-order valence-corrected chi connectivity index (χ3v) is 2.27. The molecule has 0 aliphatic heterocycles. The summed E-state index contributed by atoms with van der Waals surface area (Å²) in [4.78, 5) is 0. The Kier molecular flexibility index (Phi) is 5.86. The van der Waals surface area contributed by atoms with Crippen molar-refractivity contribution in [2.24, 2.45) is 5.73 Å². The molecule has 1 aromatic rings. The topological polar surface area (TPSA) is 44.5 Å². The van der Waals surface area contributed by atoms with E-state index in [2.05, 4.69) is 4.74 Å². The maximum Gasteiger partial charge on any atom is 0.387 e. The van der Waals surface area contributed by atoms with Gasteiger partial charge in [0.05, 0.1) is 13.2 Å². The summed E-state index contributed by atoms with van der Waals surface area (Å²) in [5.41, 5.74) is 6.59. The molecule has 0 heterocycles. The molecule has 0 fully saturated rings. The summed E-state index contributed by atoms with van der Waals surface area (Å²) in [5, 5.41) is 0. The van der Waals surface area contributed by atoms with E-state index < -0.39 is 6.61 Å². The van der Waals surface area contributed by atoms with Crippen LogP contribution in [0, 0.1) is 0 Å². The van der Waals surface area contributed by atoms with E-state index in [1.165, 1.54) is 12.1 Å². The monoisotopic (exact) mass is 245 g/mol. The van der Waals surface area contributed by atoms with Crippen LogP contribution in [-0.4, -0.2) is 19.3 Å². The van der Waals surface area contributed by atoms with Gasteiger partial charge in [-0.1, -0.05) is 19.1 Å². The van der Waals surface area contributed by atoms with Crippen molar-refractivity contribution in [1.29, 1.82) is 0 Å². The summed E-state index contributed by atoms with van der Waals surface area (Å²) in [6, 6.07) is 6.40. The highest BCUT2D eigenvalue weighted by atomic mass is 19.3. The van der Waals surface area contributed by atoms with E-state index in [0.29, 0.717) is 13.2 Å². The lowest BCUT2D eigenvalue weighted by Gasteiger charge is -2.10. The van der Waals surface area contributed by atoms with Crippen molar-refractivity contribution < 1.29 is 18.3 Å². The second-order valence-electron chi connectivity index (χ2n) is 3.71. The number of benzene rings is 1. The molecule has 3 nitrogen and oxygen atoms in total. The Morgan fingerprint density at radius 2 is 1.88 bits per heavy atom. The smallest absolute Gasteiger partial charge is 0.387 e. The van der Waals surface area contributed by atoms with Crippen molar-refractivity contribution in [3.05, 3.63) is 29.8 Å². The lowest BCUT2D eigenvalue weighted by Crippen LogP contribution is -2.24. The summed E-state index contributed by atoms with van der Waals surface area (Å²) in [6.07, 6.45) is 0.862. The lowest BCUT2D eigenvalue weighted by molar-refractivity contribution is -0.0498. The molecule has 5 heteroatoms. The van der Waals surface area contributed by atoms with E-state index in [-0.39, 0.29) is 11.8 Å². The molecule has 1 atom stereocenters. The van der Waals surface area contributed by atoms with Crippen LogP contribution in [0.1, 0.15) is 18.9 Å². The van der Waals surface area contributed by atoms with Gasteiger partial charge in [0.1, 0.15) is 5.75 Å². The SMILES string of the molecule is CC[C@H](N)COCc1ccc(OC(F)F)cc1. The first-order valence-electron chi connectivity index (χ1n) is 5.49. The molecular formula is C12H17F2NO2. The van der Waals surface area contributed by atoms with Crippen molar-refractivity contribution in [2.75, 3.05) is 6.61 Å². The number of hydrogen-bond acceptors (Lipinski definition) is 3. The molecular weight excluding hydrogens is 228 g/mol. The molecule has 0 saturated carbocycles. The van der Waals surface area contributed by atoms with Crippen molar-refractivity contribution >= 4 is 0 Å². The molecule has 0 saturated heterocycles. The fourth-order valence-electron chi connectivity index (χ4n) is 1.21. The van der Waals surface area contributed by atoms with Gasteiger partial charge < -0.3 is 15.2 Å². The number of nitrogens with two attached hydrogens (primary N) is 1. The Morgan fingerprint density at radius 3 is 2.41 bits per heavy atom. The largest absolute Gasteiger partial charge is 0.435 e. The van der Waals surface area contributed by atoms with Crippen molar-refractivity contribution in [3.8, 4) is 5.75 Å². The fraction of sp³-hybridized carbons (Fsp3) is 0.500. The maximum atomic E-state index is 11.9. The van der Waals surface area contributed by atoms with Gasteiger partial charge >= 0.3 is 6.61 Å². The van der Waals surface area contributed by atoms with Crippen molar-refractivity contribution in [1.82, 2.24) is 0 Å². The van der Waals surface area contributed by atoms with E-state index in [4.69, 9.17) is 10.5 Å². The predicted octanol–water partition coefficient (Wildman–Crippen LogP) is 2.54. The second kappa shape index (κ2) is 7.19. The molecule has 96 valence electrons. The number of ether oxygens (including phenoxy) is 2. The summed E-state index contributed by atoms with van der Waals surface area (Å²) < 4.78 is 33.4. The van der Waals surface area contributed by atoms with E-state index in [1.807, 2.05) is 6.92 Å². The number of halogens is 2. The molecule has 0 radical (unpaired) electrons. The molecule has 2 N–H and O–H groups in total. The molecule has 0 amide bonds. The van der Waals surface area contributed by atoms with Gasteiger partial charge in [0.25, 0.3) is 0 Å². The maximum absolute atomic E-state index is 11.9. The number of rotatable bonds is 7. The number of hydrogen-bond donors (Lipinski definition) is 1. The van der Waals surface area contributed by atoms with Crippen LogP contribution in [-0.2, 0) is 11.3 Å². The van der Waals surface area contributed by atoms with E-state index in [0.717, 1.165) is 12.0 Å². The first-order valence-corrected chi connectivity index (χ1v) is 5.49. The zero-order valence-electron chi connectivity index (χ0n) is 9.74. The van der Waals surface area contributed by atoms with Gasteiger partial charge in [-0.05, 0) is 24.1 Å². The van der Waals surface area contributed by atoms with Crippen LogP contribution in [0.5, 0.6) is 5.75 Å². The Labute approximate surface area is 99.5 Å². The highest BCUT2D eigenvalue weighted by molar-refractivity contribution is 5.26.